The molecular formula is C7H5CoO2+2. The Bertz CT molecular complexity index is 280. The van der Waals surface area contributed by atoms with Crippen LogP contribution in [0.1, 0.15) is 0 Å². The molecule has 0 bridgehead atoms. The van der Waals surface area contributed by atoms with Crippen molar-refractivity contribution in [1.82, 2.24) is 0 Å². The third-order valence-corrected chi connectivity index (χ3v) is 2.61. The summed E-state index contributed by atoms with van der Waals surface area (Å²) in [6.45, 7) is 0. The molecule has 0 fully saturated rings. The Kier molecular flexibility index (Phi) is 2.43. The van der Waals surface area contributed by atoms with Crippen molar-refractivity contribution in [1.29, 1.82) is 0 Å². The van der Waals surface area contributed by atoms with Gasteiger partial charge in [0.05, 0.1) is 0 Å². The monoisotopic (exact) mass is 180 g/mol. The minimum absolute atomic E-state index is 0.0532. The van der Waals surface area contributed by atoms with E-state index in [0.717, 1.165) is 0 Å². The van der Waals surface area contributed by atoms with E-state index in [1.165, 1.54) is 0 Å². The van der Waals surface area contributed by atoms with Gasteiger partial charge in [-0.2, -0.15) is 0 Å². The van der Waals surface area contributed by atoms with E-state index in [4.69, 9.17) is 0 Å². The van der Waals surface area contributed by atoms with Crippen molar-refractivity contribution in [2.24, 2.45) is 0 Å². The van der Waals surface area contributed by atoms with E-state index in [2.05, 4.69) is 0 Å². The molecule has 0 saturated heterocycles. The van der Waals surface area contributed by atoms with Crippen molar-refractivity contribution >= 4 is 9.65 Å². The Labute approximate surface area is 61.7 Å². The zero-order valence-electron chi connectivity index (χ0n) is 5.04. The van der Waals surface area contributed by atoms with Crippen molar-refractivity contribution in [2.45, 2.75) is 4.85 Å². The predicted molar refractivity (Wildman–Crippen MR) is 33.4 cm³/mol. The van der Waals surface area contributed by atoms with Crippen molar-refractivity contribution in [3.8, 4) is 0 Å². The molecular weight excluding hydrogens is 175 g/mol. The molecule has 0 radical (unpaired) electrons. The van der Waals surface area contributed by atoms with Gasteiger partial charge < -0.3 is 0 Å². The van der Waals surface area contributed by atoms with Gasteiger partial charge in [0.1, 0.15) is 0 Å². The second-order valence-electron chi connectivity index (χ2n) is 1.60. The van der Waals surface area contributed by atoms with E-state index in [9.17, 15) is 9.59 Å². The first-order valence-corrected chi connectivity index (χ1v) is 4.24. The summed E-state index contributed by atoms with van der Waals surface area (Å²) < 4.78 is 0. The Morgan fingerprint density at radius 2 is 1.60 bits per heavy atom. The van der Waals surface area contributed by atoms with E-state index in [0.29, 0.717) is 0 Å². The fourth-order valence-corrected chi connectivity index (χ4v) is 1.59. The molecule has 1 aliphatic rings. The molecule has 0 amide bonds. The molecule has 0 spiro atoms. The molecule has 1 rings (SSSR count). The summed E-state index contributed by atoms with van der Waals surface area (Å²) in [6, 6.07) is 0. The summed E-state index contributed by atoms with van der Waals surface area (Å²) in [7, 11) is 0. The van der Waals surface area contributed by atoms with E-state index in [1.807, 2.05) is 12.2 Å². The van der Waals surface area contributed by atoms with Gasteiger partial charge in [-0.05, 0) is 0 Å². The molecule has 0 aliphatic heterocycles. The molecule has 3 heteroatoms. The molecule has 52 valence electrons. The zero-order chi connectivity index (χ0) is 7.40. The molecule has 0 atom stereocenters. The first-order chi connectivity index (χ1) is 4.88. The number of carbonyl (C=O) groups excluding carboxylic acids is 2. The van der Waals surface area contributed by atoms with Gasteiger partial charge in [-0.1, -0.05) is 0 Å². The van der Waals surface area contributed by atoms with Gasteiger partial charge in [-0.15, -0.1) is 0 Å². The maximum absolute atomic E-state index is 10.1. The first kappa shape index (κ1) is 7.26. The van der Waals surface area contributed by atoms with E-state index in [1.54, 1.807) is 21.8 Å². The van der Waals surface area contributed by atoms with Gasteiger partial charge in [-0.25, -0.2) is 0 Å². The Hall–Kier alpha value is -0.854. The summed E-state index contributed by atoms with van der Waals surface area (Å²) in [4.78, 5) is 23.5. The molecule has 0 unspecified atom stereocenters. The van der Waals surface area contributed by atoms with E-state index >= 15 is 0 Å². The molecule has 0 heterocycles. The van der Waals surface area contributed by atoms with Gasteiger partial charge in [0, 0.05) is 0 Å². The number of hydrogen-bond acceptors (Lipinski definition) is 2. The second-order valence-corrected chi connectivity index (χ2v) is 3.58. The summed E-state index contributed by atoms with van der Waals surface area (Å²) in [5.41, 5.74) is 0. The van der Waals surface area contributed by atoms with Crippen LogP contribution < -0.4 is 0 Å². The Morgan fingerprint density at radius 3 is 2.00 bits per heavy atom. The summed E-state index contributed by atoms with van der Waals surface area (Å²) >= 11 is -1.32. The van der Waals surface area contributed by atoms with Crippen molar-refractivity contribution in [3.63, 3.8) is 0 Å². The number of hydrogen-bond donors (Lipinski definition) is 0. The molecule has 0 aromatic heterocycles. The Morgan fingerprint density at radius 1 is 1.10 bits per heavy atom. The third kappa shape index (κ3) is 1.35. The molecule has 0 aromatic carbocycles. The van der Waals surface area contributed by atoms with Crippen LogP contribution in [0.2, 0.25) is 4.85 Å². The fraction of sp³-hybridized carbons (Fsp3) is 0.143. The van der Waals surface area contributed by atoms with Gasteiger partial charge in [-0.3, -0.25) is 0 Å². The zero-order valence-corrected chi connectivity index (χ0v) is 6.08. The van der Waals surface area contributed by atoms with Crippen molar-refractivity contribution < 1.29 is 22.4 Å². The molecule has 10 heavy (non-hydrogen) atoms. The van der Waals surface area contributed by atoms with Crippen molar-refractivity contribution in [3.05, 3.63) is 24.3 Å². The van der Waals surface area contributed by atoms with Gasteiger partial charge in [0.25, 0.3) is 0 Å². The maximum atomic E-state index is 10.1. The predicted octanol–water partition coefficient (Wildman–Crippen LogP) is 0.653. The topological polar surface area (TPSA) is 34.1 Å². The number of allylic oxidation sites excluding steroid dienone is 4. The van der Waals surface area contributed by atoms with Gasteiger partial charge in [0.15, 0.2) is 0 Å². The van der Waals surface area contributed by atoms with E-state index in [-0.39, 0.29) is 4.85 Å². The van der Waals surface area contributed by atoms with Gasteiger partial charge >= 0.3 is 61.2 Å². The molecule has 1 aliphatic carbocycles. The molecule has 0 N–H and O–H groups in total. The third-order valence-electron chi connectivity index (χ3n) is 1.05. The Balaban J connectivity index is 3.07. The van der Waals surface area contributed by atoms with E-state index < -0.39 is 12.8 Å². The summed E-state index contributed by atoms with van der Waals surface area (Å²) in [5, 5.41) is 0. The standard InChI is InChI=1S/C5H5.2CO.Co/c1-2-4-5-3-1;2*1-2;/h1-5H;;;/q;;;+2. The SMILES string of the molecule is O=[C]=[Co+2](=[C]=O)[CH]1C=CC=C1. The average Bonchev–Trinajstić information content (AvgIpc) is 2.43. The number of rotatable bonds is 1. The van der Waals surface area contributed by atoms with Gasteiger partial charge in [0.2, 0.25) is 0 Å². The van der Waals surface area contributed by atoms with Crippen LogP contribution in [0.3, 0.4) is 0 Å². The summed E-state index contributed by atoms with van der Waals surface area (Å²) in [6.07, 6.45) is 7.24. The molecule has 0 aromatic rings. The van der Waals surface area contributed by atoms with Crippen LogP contribution in [0, 0.1) is 0 Å². The van der Waals surface area contributed by atoms with Crippen LogP contribution in [-0.2, 0) is 22.4 Å². The minimum atomic E-state index is -1.32. The molecule has 2 nitrogen and oxygen atoms in total. The average molecular weight is 180 g/mol. The van der Waals surface area contributed by atoms with Crippen LogP contribution >= 0.6 is 0 Å². The van der Waals surface area contributed by atoms with Crippen LogP contribution in [0.4, 0.5) is 0 Å². The summed E-state index contributed by atoms with van der Waals surface area (Å²) in [5.74, 6) is 0. The first-order valence-electron chi connectivity index (χ1n) is 2.60. The molecule has 0 saturated carbocycles. The fourth-order valence-electron chi connectivity index (χ4n) is 0.628. The quantitative estimate of drug-likeness (QED) is 0.593. The normalized spacial score (nSPS) is 15.7. The van der Waals surface area contributed by atoms with Crippen LogP contribution in [0.25, 0.3) is 0 Å². The van der Waals surface area contributed by atoms with Crippen LogP contribution in [0.15, 0.2) is 24.3 Å². The van der Waals surface area contributed by atoms with Crippen LogP contribution in [-0.4, -0.2) is 9.65 Å². The van der Waals surface area contributed by atoms with Crippen molar-refractivity contribution in [2.75, 3.05) is 0 Å². The van der Waals surface area contributed by atoms with Crippen LogP contribution in [0.5, 0.6) is 0 Å². The second kappa shape index (κ2) is 3.35.